The van der Waals surface area contributed by atoms with E-state index >= 15 is 0 Å². The third-order valence-corrected chi connectivity index (χ3v) is 4.80. The van der Waals surface area contributed by atoms with Crippen molar-refractivity contribution >= 4 is 5.96 Å². The quantitative estimate of drug-likeness (QED) is 0.362. The van der Waals surface area contributed by atoms with Crippen LogP contribution in [0, 0.1) is 22.0 Å². The van der Waals surface area contributed by atoms with Crippen molar-refractivity contribution in [3.05, 3.63) is 10.1 Å². The van der Waals surface area contributed by atoms with Gasteiger partial charge in [-0.1, -0.05) is 27.2 Å². The van der Waals surface area contributed by atoms with E-state index in [1.54, 1.807) is 0 Å². The molecule has 0 spiro atoms. The summed E-state index contributed by atoms with van der Waals surface area (Å²) < 4.78 is 11.5. The molecule has 0 amide bonds. The van der Waals surface area contributed by atoms with E-state index in [4.69, 9.17) is 9.47 Å². The Bertz CT molecular complexity index is 446. The van der Waals surface area contributed by atoms with E-state index in [1.807, 2.05) is 16.7 Å². The van der Waals surface area contributed by atoms with Gasteiger partial charge in [-0.2, -0.15) is 0 Å². The van der Waals surface area contributed by atoms with Crippen LogP contribution in [0.1, 0.15) is 40.0 Å². The Morgan fingerprint density at radius 2 is 2.21 bits per heavy atom. The van der Waals surface area contributed by atoms with Crippen LogP contribution >= 0.6 is 0 Å². The molecule has 0 radical (unpaired) electrons. The summed E-state index contributed by atoms with van der Waals surface area (Å²) in [7, 11) is 0. The molecule has 2 saturated heterocycles. The molecular weight excluding hydrogens is 312 g/mol. The summed E-state index contributed by atoms with van der Waals surface area (Å²) >= 11 is 0. The van der Waals surface area contributed by atoms with E-state index in [0.717, 1.165) is 39.0 Å². The first kappa shape index (κ1) is 18.9. The van der Waals surface area contributed by atoms with Crippen LogP contribution in [0.4, 0.5) is 0 Å². The molecule has 2 rings (SSSR count). The minimum atomic E-state index is -0.603. The molecule has 0 aromatic rings. The molecule has 0 bridgehead atoms. The van der Waals surface area contributed by atoms with Crippen molar-refractivity contribution < 1.29 is 14.5 Å². The Balaban J connectivity index is 2.06. The van der Waals surface area contributed by atoms with Crippen molar-refractivity contribution in [3.63, 3.8) is 0 Å². The van der Waals surface area contributed by atoms with Gasteiger partial charge in [0.2, 0.25) is 0 Å². The maximum atomic E-state index is 11.0. The van der Waals surface area contributed by atoms with Crippen molar-refractivity contribution in [1.29, 1.82) is 0 Å². The molecule has 2 aliphatic rings. The number of ether oxygens (including phenoxy) is 2. The Morgan fingerprint density at radius 1 is 1.42 bits per heavy atom. The van der Waals surface area contributed by atoms with Gasteiger partial charge in [-0.25, -0.2) is 10.1 Å². The van der Waals surface area contributed by atoms with E-state index in [9.17, 15) is 10.1 Å². The number of hydrogen-bond donors (Lipinski definition) is 0. The van der Waals surface area contributed by atoms with Gasteiger partial charge < -0.3 is 19.3 Å². The lowest BCUT2D eigenvalue weighted by Crippen LogP contribution is -2.43. The highest BCUT2D eigenvalue weighted by molar-refractivity contribution is 5.81. The molecule has 2 fully saturated rings. The van der Waals surface area contributed by atoms with Crippen LogP contribution in [0.3, 0.4) is 0 Å². The SMILES string of the molecule is CCCCOC(CC)N1CCN(CC2COCC2C)C1=N[N+](=O)[O-]. The highest BCUT2D eigenvalue weighted by Gasteiger charge is 2.37. The van der Waals surface area contributed by atoms with Gasteiger partial charge in [0.15, 0.2) is 5.03 Å². The number of nitrogens with zero attached hydrogens (tertiary/aromatic N) is 4. The molecular formula is C16H30N4O4. The summed E-state index contributed by atoms with van der Waals surface area (Å²) in [5, 5.41) is 14.1. The second-order valence-electron chi connectivity index (χ2n) is 6.64. The molecule has 2 aliphatic heterocycles. The van der Waals surface area contributed by atoms with Gasteiger partial charge >= 0.3 is 0 Å². The highest BCUT2D eigenvalue weighted by Crippen LogP contribution is 2.24. The van der Waals surface area contributed by atoms with Crippen molar-refractivity contribution in [2.45, 2.75) is 46.3 Å². The van der Waals surface area contributed by atoms with Gasteiger partial charge in [0.05, 0.1) is 6.61 Å². The van der Waals surface area contributed by atoms with Crippen molar-refractivity contribution in [2.24, 2.45) is 16.9 Å². The first-order chi connectivity index (χ1) is 11.6. The topological polar surface area (TPSA) is 80.4 Å². The van der Waals surface area contributed by atoms with Crippen LogP contribution in [0.25, 0.3) is 0 Å². The molecule has 0 aromatic heterocycles. The largest absolute Gasteiger partial charge is 0.381 e. The number of nitro groups is 1. The standard InChI is InChI=1S/C16H30N4O4/c1-4-6-9-24-15(5-2)19-8-7-18(16(19)17-20(21)22)10-14-12-23-11-13(14)3/h13-15H,4-12H2,1-3H3. The molecule has 0 aromatic carbocycles. The van der Waals surface area contributed by atoms with E-state index in [-0.39, 0.29) is 6.23 Å². The van der Waals surface area contributed by atoms with Gasteiger partial charge in [-0.05, 0) is 18.8 Å². The zero-order chi connectivity index (χ0) is 17.5. The summed E-state index contributed by atoms with van der Waals surface area (Å²) in [6.07, 6.45) is 2.68. The number of hydrazone groups is 1. The Labute approximate surface area is 143 Å². The highest BCUT2D eigenvalue weighted by atomic mass is 16.7. The molecule has 8 nitrogen and oxygen atoms in total. The normalized spacial score (nSPS) is 27.2. The summed E-state index contributed by atoms with van der Waals surface area (Å²) in [4.78, 5) is 15.0. The third-order valence-electron chi connectivity index (χ3n) is 4.80. The zero-order valence-electron chi connectivity index (χ0n) is 15.0. The van der Waals surface area contributed by atoms with E-state index in [2.05, 4.69) is 18.9 Å². The molecule has 3 unspecified atom stereocenters. The second-order valence-corrected chi connectivity index (χ2v) is 6.64. The number of unbranched alkanes of at least 4 members (excludes halogenated alkanes) is 1. The maximum absolute atomic E-state index is 11.0. The van der Waals surface area contributed by atoms with Crippen LogP contribution in [0.5, 0.6) is 0 Å². The van der Waals surface area contributed by atoms with Crippen LogP contribution in [0.2, 0.25) is 0 Å². The van der Waals surface area contributed by atoms with Gasteiger partial charge in [-0.3, -0.25) is 0 Å². The molecule has 0 N–H and O–H groups in total. The Hall–Kier alpha value is -1.41. The van der Waals surface area contributed by atoms with E-state index in [1.165, 1.54) is 0 Å². The summed E-state index contributed by atoms with van der Waals surface area (Å²) in [5.74, 6) is 1.30. The van der Waals surface area contributed by atoms with E-state index < -0.39 is 5.03 Å². The lowest BCUT2D eigenvalue weighted by molar-refractivity contribution is -0.486. The Kier molecular flexibility index (Phi) is 7.23. The van der Waals surface area contributed by atoms with Gasteiger partial charge in [0.1, 0.15) is 11.3 Å². The summed E-state index contributed by atoms with van der Waals surface area (Å²) in [6, 6.07) is 0. The minimum Gasteiger partial charge on any atom is -0.381 e. The smallest absolute Gasteiger partial charge is 0.276 e. The van der Waals surface area contributed by atoms with Crippen molar-refractivity contribution in [1.82, 2.24) is 9.80 Å². The molecule has 8 heteroatoms. The predicted molar refractivity (Wildman–Crippen MR) is 91.1 cm³/mol. The van der Waals surface area contributed by atoms with Crippen LogP contribution in [0.15, 0.2) is 5.10 Å². The number of rotatable bonds is 9. The maximum Gasteiger partial charge on any atom is 0.276 e. The lowest BCUT2D eigenvalue weighted by atomic mass is 9.98. The second kappa shape index (κ2) is 9.17. The average Bonchev–Trinajstić information content (AvgIpc) is 3.12. The molecule has 24 heavy (non-hydrogen) atoms. The molecule has 138 valence electrons. The molecule has 2 heterocycles. The summed E-state index contributed by atoms with van der Waals surface area (Å²) in [6.45, 7) is 10.7. The molecule has 0 aliphatic carbocycles. The fourth-order valence-electron chi connectivity index (χ4n) is 3.26. The van der Waals surface area contributed by atoms with Crippen molar-refractivity contribution in [3.8, 4) is 0 Å². The number of hydrogen-bond acceptors (Lipinski definition) is 4. The van der Waals surface area contributed by atoms with Crippen LogP contribution in [-0.2, 0) is 9.47 Å². The van der Waals surface area contributed by atoms with Gasteiger partial charge in [0.25, 0.3) is 5.96 Å². The lowest BCUT2D eigenvalue weighted by Gasteiger charge is -2.29. The van der Waals surface area contributed by atoms with E-state index in [0.29, 0.717) is 37.6 Å². The molecule has 3 atom stereocenters. The average molecular weight is 342 g/mol. The Morgan fingerprint density at radius 3 is 2.79 bits per heavy atom. The fraction of sp³-hybridized carbons (Fsp3) is 0.938. The number of guanidine groups is 1. The van der Waals surface area contributed by atoms with Crippen LogP contribution < -0.4 is 0 Å². The summed E-state index contributed by atoms with van der Waals surface area (Å²) in [5.41, 5.74) is 0. The first-order valence-electron chi connectivity index (χ1n) is 9.00. The molecule has 0 saturated carbocycles. The zero-order valence-corrected chi connectivity index (χ0v) is 15.0. The first-order valence-corrected chi connectivity index (χ1v) is 9.00. The predicted octanol–water partition coefficient (Wildman–Crippen LogP) is 1.99. The third kappa shape index (κ3) is 4.80. The monoisotopic (exact) mass is 342 g/mol. The fourth-order valence-corrected chi connectivity index (χ4v) is 3.26. The van der Waals surface area contributed by atoms with Gasteiger partial charge in [0, 0.05) is 38.8 Å². The van der Waals surface area contributed by atoms with Gasteiger partial charge in [-0.15, -0.1) is 0 Å². The van der Waals surface area contributed by atoms with Crippen molar-refractivity contribution in [2.75, 3.05) is 39.5 Å². The van der Waals surface area contributed by atoms with Crippen LogP contribution in [-0.4, -0.2) is 66.5 Å². The minimum absolute atomic E-state index is 0.155.